The van der Waals surface area contributed by atoms with E-state index in [1.807, 2.05) is 5.32 Å². The van der Waals surface area contributed by atoms with Gasteiger partial charge in [0, 0.05) is 19.0 Å². The standard InChI is InChI=1S/C21H20Cl2F3N5O3/c22-12-7-14-15(8-13(12)23)31-19(27-14)28-18(34)20(31,21(24,25)26)29-16(32)11-5-6-30(9-11)17(33)10-3-1-2-4-10/h7-8,10-11H,1-6,9H2,(H,29,32)(H,27,28,34). The van der Waals surface area contributed by atoms with Gasteiger partial charge < -0.3 is 10.2 Å². The van der Waals surface area contributed by atoms with Gasteiger partial charge in [-0.05, 0) is 31.4 Å². The number of imidazole rings is 1. The second-order valence-electron chi connectivity index (χ2n) is 8.93. The van der Waals surface area contributed by atoms with Crippen LogP contribution in [-0.2, 0) is 20.0 Å². The molecule has 13 heteroatoms. The number of carbonyl (C=O) groups excluding carboxylic acids is 3. The summed E-state index contributed by atoms with van der Waals surface area (Å²) in [6, 6.07) is 2.45. The number of alkyl halides is 3. The minimum atomic E-state index is -5.21. The highest BCUT2D eigenvalue weighted by Crippen LogP contribution is 2.45. The van der Waals surface area contributed by atoms with Crippen molar-refractivity contribution in [2.75, 3.05) is 18.4 Å². The molecule has 1 saturated carbocycles. The van der Waals surface area contributed by atoms with Crippen molar-refractivity contribution < 1.29 is 27.6 Å². The summed E-state index contributed by atoms with van der Waals surface area (Å²) in [6.07, 6.45) is -1.50. The first-order valence-electron chi connectivity index (χ1n) is 10.9. The summed E-state index contributed by atoms with van der Waals surface area (Å²) in [5, 5.41) is 4.11. The Morgan fingerprint density at radius 2 is 1.79 bits per heavy atom. The number of amides is 3. The molecule has 3 heterocycles. The van der Waals surface area contributed by atoms with E-state index >= 15 is 0 Å². The molecule has 1 aliphatic carbocycles. The molecule has 0 radical (unpaired) electrons. The van der Waals surface area contributed by atoms with E-state index < -0.39 is 29.6 Å². The molecule has 2 aromatic rings. The molecule has 2 N–H and O–H groups in total. The van der Waals surface area contributed by atoms with Crippen LogP contribution in [-0.4, -0.2) is 51.4 Å². The Labute approximate surface area is 201 Å². The average Bonchev–Trinajstić information content (AvgIpc) is 3.53. The molecule has 2 atom stereocenters. The molecule has 182 valence electrons. The van der Waals surface area contributed by atoms with Gasteiger partial charge in [0.25, 0.3) is 11.6 Å². The first-order valence-corrected chi connectivity index (χ1v) is 11.7. The van der Waals surface area contributed by atoms with Crippen LogP contribution in [0.3, 0.4) is 0 Å². The quantitative estimate of drug-likeness (QED) is 0.649. The van der Waals surface area contributed by atoms with Crippen molar-refractivity contribution in [3.63, 3.8) is 0 Å². The first-order chi connectivity index (χ1) is 16.0. The highest BCUT2D eigenvalue weighted by Gasteiger charge is 2.68. The Balaban J connectivity index is 1.47. The summed E-state index contributed by atoms with van der Waals surface area (Å²) in [6.45, 7) is 0.293. The summed E-state index contributed by atoms with van der Waals surface area (Å²) in [5.74, 6) is -3.88. The van der Waals surface area contributed by atoms with Gasteiger partial charge in [-0.1, -0.05) is 36.0 Å². The van der Waals surface area contributed by atoms with E-state index in [0.717, 1.165) is 25.7 Å². The largest absolute Gasteiger partial charge is 0.440 e. The van der Waals surface area contributed by atoms with Gasteiger partial charge in [-0.2, -0.15) is 13.2 Å². The third kappa shape index (κ3) is 3.43. The molecule has 8 nitrogen and oxygen atoms in total. The third-order valence-corrected chi connectivity index (χ3v) is 7.60. The molecule has 1 aromatic carbocycles. The Morgan fingerprint density at radius 1 is 1.12 bits per heavy atom. The van der Waals surface area contributed by atoms with Gasteiger partial charge in [-0.15, -0.1) is 0 Å². The second kappa shape index (κ2) is 8.01. The number of hydrogen-bond acceptors (Lipinski definition) is 4. The highest BCUT2D eigenvalue weighted by molar-refractivity contribution is 6.42. The average molecular weight is 518 g/mol. The number of fused-ring (bicyclic) bond motifs is 3. The maximum Gasteiger partial charge on any atom is 0.440 e. The fraction of sp³-hybridized carbons (Fsp3) is 0.524. The van der Waals surface area contributed by atoms with Gasteiger partial charge >= 0.3 is 6.18 Å². The SMILES string of the molecule is O=C(NC1(C(F)(F)F)C(=O)Nc2nc3cc(Cl)c(Cl)cc3n21)C1CCN(C(=O)C2CCCC2)C1. The fourth-order valence-electron chi connectivity index (χ4n) is 5.11. The zero-order valence-electron chi connectivity index (χ0n) is 17.7. The van der Waals surface area contributed by atoms with Crippen LogP contribution < -0.4 is 10.6 Å². The first kappa shape index (κ1) is 23.2. The molecule has 2 unspecified atom stereocenters. The lowest BCUT2D eigenvalue weighted by Crippen LogP contribution is -2.64. The van der Waals surface area contributed by atoms with E-state index in [1.165, 1.54) is 17.0 Å². The Bertz CT molecular complexity index is 1210. The van der Waals surface area contributed by atoms with Crippen molar-refractivity contribution in [3.8, 4) is 0 Å². The van der Waals surface area contributed by atoms with E-state index in [0.29, 0.717) is 4.57 Å². The number of aromatic nitrogens is 2. The molecular weight excluding hydrogens is 498 g/mol. The smallest absolute Gasteiger partial charge is 0.342 e. The minimum Gasteiger partial charge on any atom is -0.342 e. The minimum absolute atomic E-state index is 0.00962. The summed E-state index contributed by atoms with van der Waals surface area (Å²) < 4.78 is 44.2. The van der Waals surface area contributed by atoms with Crippen LogP contribution in [0.15, 0.2) is 12.1 Å². The zero-order chi connectivity index (χ0) is 24.4. The van der Waals surface area contributed by atoms with Crippen LogP contribution in [0.4, 0.5) is 19.1 Å². The van der Waals surface area contributed by atoms with E-state index in [4.69, 9.17) is 23.2 Å². The molecule has 3 amide bonds. The predicted molar refractivity (Wildman–Crippen MR) is 117 cm³/mol. The lowest BCUT2D eigenvalue weighted by Gasteiger charge is -2.33. The van der Waals surface area contributed by atoms with Crippen LogP contribution in [0.5, 0.6) is 0 Å². The summed E-state index contributed by atoms with van der Waals surface area (Å²) in [4.78, 5) is 44.0. The summed E-state index contributed by atoms with van der Waals surface area (Å²) in [5.41, 5.74) is -3.47. The molecule has 1 saturated heterocycles. The predicted octanol–water partition coefficient (Wildman–Crippen LogP) is 3.67. The van der Waals surface area contributed by atoms with Gasteiger partial charge in [0.1, 0.15) is 0 Å². The number of carbonyl (C=O) groups is 3. The van der Waals surface area contributed by atoms with E-state index in [9.17, 15) is 27.6 Å². The van der Waals surface area contributed by atoms with Crippen molar-refractivity contribution in [3.05, 3.63) is 22.2 Å². The fourth-order valence-corrected chi connectivity index (χ4v) is 5.43. The number of halogens is 5. The molecule has 1 aromatic heterocycles. The Hall–Kier alpha value is -2.53. The molecule has 2 aliphatic heterocycles. The normalized spacial score (nSPS) is 25.1. The Kier molecular flexibility index (Phi) is 5.47. The summed E-state index contributed by atoms with van der Waals surface area (Å²) >= 11 is 12.0. The van der Waals surface area contributed by atoms with Gasteiger partial charge in [-0.25, -0.2) is 4.98 Å². The number of anilines is 1. The molecule has 0 spiro atoms. The van der Waals surface area contributed by atoms with Crippen LogP contribution in [0.1, 0.15) is 32.1 Å². The highest BCUT2D eigenvalue weighted by atomic mass is 35.5. The third-order valence-electron chi connectivity index (χ3n) is 6.88. The molecule has 0 bridgehead atoms. The van der Waals surface area contributed by atoms with E-state index in [2.05, 4.69) is 10.3 Å². The van der Waals surface area contributed by atoms with Crippen LogP contribution in [0, 0.1) is 11.8 Å². The number of nitrogens with zero attached hydrogens (tertiary/aromatic N) is 3. The zero-order valence-corrected chi connectivity index (χ0v) is 19.2. The second-order valence-corrected chi connectivity index (χ2v) is 9.74. The molecule has 3 aliphatic rings. The van der Waals surface area contributed by atoms with Crippen molar-refractivity contribution in [1.82, 2.24) is 19.8 Å². The van der Waals surface area contributed by atoms with Gasteiger partial charge in [0.15, 0.2) is 0 Å². The topological polar surface area (TPSA) is 96.3 Å². The summed E-state index contributed by atoms with van der Waals surface area (Å²) in [7, 11) is 0. The maximum atomic E-state index is 14.5. The Morgan fingerprint density at radius 3 is 2.47 bits per heavy atom. The lowest BCUT2D eigenvalue weighted by molar-refractivity contribution is -0.218. The number of likely N-dealkylation sites (tertiary alicyclic amines) is 1. The number of rotatable bonds is 3. The molecule has 2 fully saturated rings. The van der Waals surface area contributed by atoms with Gasteiger partial charge in [-0.3, -0.25) is 24.3 Å². The van der Waals surface area contributed by atoms with Crippen molar-refractivity contribution in [1.29, 1.82) is 0 Å². The van der Waals surface area contributed by atoms with E-state index in [1.54, 1.807) is 0 Å². The number of benzene rings is 1. The van der Waals surface area contributed by atoms with Gasteiger partial charge in [0.2, 0.25) is 17.8 Å². The van der Waals surface area contributed by atoms with Gasteiger partial charge in [0.05, 0.1) is 27.0 Å². The molecule has 5 rings (SSSR count). The number of nitrogens with one attached hydrogen (secondary N) is 2. The van der Waals surface area contributed by atoms with Crippen molar-refractivity contribution in [2.45, 2.75) is 43.9 Å². The van der Waals surface area contributed by atoms with Crippen molar-refractivity contribution in [2.24, 2.45) is 11.8 Å². The maximum absolute atomic E-state index is 14.5. The van der Waals surface area contributed by atoms with Crippen LogP contribution in [0.25, 0.3) is 11.0 Å². The lowest BCUT2D eigenvalue weighted by atomic mass is 10.0. The van der Waals surface area contributed by atoms with Crippen LogP contribution >= 0.6 is 23.2 Å². The molecule has 34 heavy (non-hydrogen) atoms. The van der Waals surface area contributed by atoms with E-state index in [-0.39, 0.29) is 58.4 Å². The van der Waals surface area contributed by atoms with Crippen LogP contribution in [0.2, 0.25) is 10.0 Å². The molecular formula is C21H20Cl2F3N5O3. The monoisotopic (exact) mass is 517 g/mol. The van der Waals surface area contributed by atoms with Crippen molar-refractivity contribution >= 4 is 57.9 Å². The number of hydrogen-bond donors (Lipinski definition) is 2.